The number of thiazole rings is 4. The van der Waals surface area contributed by atoms with Crippen molar-refractivity contribution in [1.82, 2.24) is 105 Å². The number of aromatic nitrogens is 14. The Hall–Kier alpha value is -10.6. The fourth-order valence-corrected chi connectivity index (χ4v) is 16.1. The Morgan fingerprint density at radius 2 is 0.814 bits per heavy atom. The molecule has 28 nitrogen and oxygen atoms in total. The zero-order valence-electron chi connectivity index (χ0n) is 66.9. The SMILES string of the molecule is Cc1cc(C)cc(Nc2nccc(-c3ncc(CNCCN4CCN(C)CC4)s3)n2)c1.Cc1cc(C)cc(Nc2nccc(-c3ncc(CNCCNCCO)s3)n2)c1.Cc1cc(C)cc(Nc2nccc(-c3ncc(CNCCn4ccnc4)s3)n2)c1.Oc1cc(Nc2nccc(-c3ncc(CN4CCOCC4)s3)n2)cc(C(F)(F)F)c1. The number of aliphatic hydroxyl groups excluding tert-OH is 1. The highest BCUT2D eigenvalue weighted by molar-refractivity contribution is 7.15. The molecule has 2 aliphatic rings. The van der Waals surface area contributed by atoms with Crippen LogP contribution in [0.1, 0.15) is 58.5 Å². The number of morpholine rings is 1. The van der Waals surface area contributed by atoms with Gasteiger partial charge in [-0.2, -0.15) is 13.2 Å². The van der Waals surface area contributed by atoms with Crippen molar-refractivity contribution < 1.29 is 28.1 Å². The van der Waals surface area contributed by atoms with Crippen molar-refractivity contribution >= 4 is 91.9 Å². The number of nitrogens with zero attached hydrogens (tertiary/aromatic N) is 17. The van der Waals surface area contributed by atoms with Crippen LogP contribution in [0.3, 0.4) is 0 Å². The van der Waals surface area contributed by atoms with E-state index in [1.54, 1.807) is 71.1 Å². The Bertz CT molecular complexity index is 5220. The number of ether oxygens (including phenoxy) is 1. The van der Waals surface area contributed by atoms with Gasteiger partial charge in [0.15, 0.2) is 0 Å². The fraction of sp³-hybridized carbons (Fsp3) is 0.337. The third kappa shape index (κ3) is 28.0. The van der Waals surface area contributed by atoms with Crippen LogP contribution in [-0.4, -0.2) is 200 Å². The number of rotatable bonds is 31. The van der Waals surface area contributed by atoms with E-state index in [0.717, 1.165) is 183 Å². The number of anilines is 8. The van der Waals surface area contributed by atoms with Gasteiger partial charge in [0.25, 0.3) is 0 Å². The third-order valence-electron chi connectivity index (χ3n) is 18.1. The lowest BCUT2D eigenvalue weighted by Gasteiger charge is -2.32. The van der Waals surface area contributed by atoms with Gasteiger partial charge in [-0.25, -0.2) is 64.8 Å². The summed E-state index contributed by atoms with van der Waals surface area (Å²) in [6, 6.07) is 29.0. The highest BCUT2D eigenvalue weighted by Gasteiger charge is 2.32. The second-order valence-electron chi connectivity index (χ2n) is 28.3. The fourth-order valence-electron chi connectivity index (χ4n) is 12.6. The molecular formula is C83H98F3N25O3S4. The van der Waals surface area contributed by atoms with Gasteiger partial charge < -0.3 is 67.0 Å². The maximum Gasteiger partial charge on any atom is 0.416 e. The molecule has 2 aliphatic heterocycles. The number of hydrogen-bond donors (Lipinski definition) is 10. The van der Waals surface area contributed by atoms with Gasteiger partial charge in [0, 0.05) is 222 Å². The largest absolute Gasteiger partial charge is 0.508 e. The molecule has 15 rings (SSSR count). The van der Waals surface area contributed by atoms with Crippen molar-refractivity contribution in [1.29, 1.82) is 0 Å². The number of aliphatic hydroxyl groups is 1. The average molecular weight is 1680 g/mol. The maximum absolute atomic E-state index is 13.0. The van der Waals surface area contributed by atoms with E-state index < -0.39 is 17.5 Å². The van der Waals surface area contributed by atoms with Crippen molar-refractivity contribution in [2.75, 3.05) is 127 Å². The summed E-state index contributed by atoms with van der Waals surface area (Å²) in [5.41, 5.74) is 12.3. The Balaban J connectivity index is 0.000000145. The smallest absolute Gasteiger partial charge is 0.416 e. The molecule has 0 spiro atoms. The Morgan fingerprint density at radius 3 is 1.22 bits per heavy atom. The molecule has 35 heteroatoms. The standard InChI is InChI=1S/C23H31N7S.C21H23N7S.C20H26N6OS.C19H18F3N5O2S/c1-17-12-18(2)14-19(13-17)27-23-25-5-4-21(28-23)22-26-16-20(31-22)15-24-6-7-30-10-8-29(3)9-11-30;1-15-9-16(2)11-17(10-15)26-21-24-4-3-19(27-21)20-25-13-18(29-20)12-22-5-7-28-8-6-23-14-28;1-14-9-15(2)11-16(10-14)25-20-23-4-3-18(26-20)19-24-13-17(28-19)12-22-6-5-21-7-8-27;20-19(21,22)12-7-13(9-14(28)8-12)25-18-23-2-1-16(26-18)17-24-10-15(30-17)11-27-3-5-29-6-4-27/h4-5,12-14,16,24H,6-11,15H2,1-3H3,(H,25,27,28);3-4,6,8-11,13-14,22H,5,7,12H2,1-2H3,(H,24,26,27);3-4,9-11,13,21-22,27H,5-8,12H2,1-2H3,(H,23,25,26);1-2,7-10,28H,3-6,11H2,(H,23,25,26). The Labute approximate surface area is 700 Å². The molecule has 0 saturated carbocycles. The lowest BCUT2D eigenvalue weighted by Crippen LogP contribution is -2.46. The van der Waals surface area contributed by atoms with Crippen LogP contribution in [0, 0.1) is 41.5 Å². The van der Waals surface area contributed by atoms with E-state index in [9.17, 15) is 18.3 Å². The summed E-state index contributed by atoms with van der Waals surface area (Å²) in [5.74, 6) is 1.33. The number of aryl methyl sites for hydroxylation is 6. The van der Waals surface area contributed by atoms with Crippen LogP contribution in [-0.2, 0) is 43.6 Å². The number of likely N-dealkylation sites (N-methyl/N-ethyl adjacent to an activating group) is 1. The molecule has 9 aromatic heterocycles. The van der Waals surface area contributed by atoms with E-state index >= 15 is 0 Å². The summed E-state index contributed by atoms with van der Waals surface area (Å²) in [7, 11) is 2.19. The molecule has 0 atom stereocenters. The number of nitrogens with one attached hydrogen (secondary N) is 8. The molecule has 4 aromatic carbocycles. The molecule has 118 heavy (non-hydrogen) atoms. The van der Waals surface area contributed by atoms with Crippen LogP contribution in [0.4, 0.5) is 59.7 Å². The van der Waals surface area contributed by atoms with Gasteiger partial charge in [0.05, 0.1) is 31.7 Å². The van der Waals surface area contributed by atoms with Gasteiger partial charge in [-0.1, -0.05) is 18.2 Å². The quantitative estimate of drug-likeness (QED) is 0.0180. The van der Waals surface area contributed by atoms with E-state index in [1.807, 2.05) is 49.3 Å². The Kier molecular flexibility index (Phi) is 32.1. The van der Waals surface area contributed by atoms with Crippen molar-refractivity contribution in [3.05, 3.63) is 224 Å². The van der Waals surface area contributed by atoms with Crippen LogP contribution in [0.5, 0.6) is 5.75 Å². The number of halogens is 3. The first-order chi connectivity index (χ1) is 57.2. The van der Waals surface area contributed by atoms with Crippen LogP contribution in [0.15, 0.2) is 165 Å². The number of phenols is 1. The van der Waals surface area contributed by atoms with E-state index in [-0.39, 0.29) is 18.2 Å². The second-order valence-corrected chi connectivity index (χ2v) is 32.8. The van der Waals surface area contributed by atoms with E-state index in [1.165, 1.54) is 66.7 Å². The number of hydrogen-bond acceptors (Lipinski definition) is 31. The third-order valence-corrected chi connectivity index (χ3v) is 22.2. The number of phenolic OH excluding ortho intramolecular Hbond substituents is 1. The van der Waals surface area contributed by atoms with Crippen LogP contribution >= 0.6 is 45.3 Å². The minimum atomic E-state index is -4.57. The predicted octanol–water partition coefficient (Wildman–Crippen LogP) is 13.8. The minimum absolute atomic E-state index is 0.0339. The molecule has 2 fully saturated rings. The topological polar surface area (TPSA) is 328 Å². The number of alkyl halides is 3. The molecule has 0 bridgehead atoms. The molecule has 0 radical (unpaired) electrons. The lowest BCUT2D eigenvalue weighted by atomic mass is 10.1. The molecule has 2 saturated heterocycles. The van der Waals surface area contributed by atoms with Gasteiger partial charge in [-0.3, -0.25) is 9.80 Å². The zero-order valence-corrected chi connectivity index (χ0v) is 70.2. The van der Waals surface area contributed by atoms with Crippen LogP contribution in [0.2, 0.25) is 0 Å². The summed E-state index contributed by atoms with van der Waals surface area (Å²) in [5, 5.41) is 47.8. The highest BCUT2D eigenvalue weighted by atomic mass is 32.1. The number of imidazole rings is 1. The monoisotopic (exact) mass is 1680 g/mol. The first-order valence-corrected chi connectivity index (χ1v) is 41.9. The molecular weight excluding hydrogens is 1580 g/mol. The van der Waals surface area contributed by atoms with Gasteiger partial charge >= 0.3 is 6.18 Å². The Morgan fingerprint density at radius 1 is 0.424 bits per heavy atom. The predicted molar refractivity (Wildman–Crippen MR) is 464 cm³/mol. The normalized spacial score (nSPS) is 13.2. The van der Waals surface area contributed by atoms with Gasteiger partial charge in [0.1, 0.15) is 48.6 Å². The molecule has 0 aliphatic carbocycles. The van der Waals surface area contributed by atoms with Gasteiger partial charge in [0.2, 0.25) is 23.8 Å². The molecule has 0 unspecified atom stereocenters. The first-order valence-electron chi connectivity index (χ1n) is 38.7. The van der Waals surface area contributed by atoms with Crippen molar-refractivity contribution in [2.24, 2.45) is 0 Å². The molecule has 10 N–H and O–H groups in total. The molecule has 11 heterocycles. The summed E-state index contributed by atoms with van der Waals surface area (Å²) >= 11 is 6.45. The summed E-state index contributed by atoms with van der Waals surface area (Å²) < 4.78 is 46.3. The lowest BCUT2D eigenvalue weighted by molar-refractivity contribution is -0.137. The first kappa shape index (κ1) is 86.7. The van der Waals surface area contributed by atoms with Gasteiger partial charge in [-0.05, 0) is 155 Å². The van der Waals surface area contributed by atoms with Crippen molar-refractivity contribution in [3.63, 3.8) is 0 Å². The second kappa shape index (κ2) is 43.7. The van der Waals surface area contributed by atoms with Gasteiger partial charge in [-0.15, -0.1) is 45.3 Å². The van der Waals surface area contributed by atoms with Crippen molar-refractivity contribution in [3.8, 4) is 48.6 Å². The highest BCUT2D eigenvalue weighted by Crippen LogP contribution is 2.36. The molecule has 0 amide bonds. The summed E-state index contributed by atoms with van der Waals surface area (Å²) in [6.45, 7) is 29.8. The number of piperazine rings is 1. The summed E-state index contributed by atoms with van der Waals surface area (Å²) in [4.78, 5) is 69.3. The average Bonchev–Trinajstić information content (AvgIpc) is 1.50. The number of aromatic hydroxyl groups is 1. The molecule has 618 valence electrons. The zero-order chi connectivity index (χ0) is 82.6. The van der Waals surface area contributed by atoms with Crippen LogP contribution < -0.4 is 42.5 Å². The van der Waals surface area contributed by atoms with Crippen LogP contribution in [0.25, 0.3) is 42.8 Å². The van der Waals surface area contributed by atoms with E-state index in [2.05, 4.69) is 230 Å². The van der Waals surface area contributed by atoms with Crippen molar-refractivity contribution in [2.45, 2.75) is 80.4 Å². The van der Waals surface area contributed by atoms with E-state index in [4.69, 9.17) is 9.84 Å². The number of benzene rings is 4. The molecule has 13 aromatic rings. The summed E-state index contributed by atoms with van der Waals surface area (Å²) in [6.07, 6.45) is 15.3. The minimum Gasteiger partial charge on any atom is -0.508 e. The van der Waals surface area contributed by atoms with E-state index in [0.29, 0.717) is 41.2 Å². The maximum atomic E-state index is 13.0.